The number of nitro groups is 1. The molecule has 0 saturated heterocycles. The summed E-state index contributed by atoms with van der Waals surface area (Å²) in [6.45, 7) is 3.36. The third-order valence-electron chi connectivity index (χ3n) is 8.59. The number of carbonyl (C=O) groups excluding carboxylic acids is 7. The van der Waals surface area contributed by atoms with Gasteiger partial charge in [0.15, 0.2) is 11.5 Å². The lowest BCUT2D eigenvalue weighted by atomic mass is 10.1. The van der Waals surface area contributed by atoms with Gasteiger partial charge in [-0.15, -0.1) is 0 Å². The molecule has 19 heteroatoms. The molecule has 0 spiro atoms. The number of phenolic OH excluding ortho intramolecular Hbond substituents is 1. The van der Waals surface area contributed by atoms with Crippen LogP contribution in [-0.4, -0.2) is 63.5 Å². The van der Waals surface area contributed by atoms with Crippen molar-refractivity contribution in [3.8, 4) is 11.5 Å². The van der Waals surface area contributed by atoms with E-state index in [0.29, 0.717) is 11.4 Å². The first-order chi connectivity index (χ1) is 29.0. The van der Waals surface area contributed by atoms with Crippen LogP contribution in [0.4, 0.5) is 28.4 Å². The maximum absolute atomic E-state index is 13.3. The molecule has 0 aliphatic heterocycles. The third-order valence-corrected chi connectivity index (χ3v) is 8.59. The number of hydrogen-bond donors (Lipinski definition) is 8. The van der Waals surface area contributed by atoms with Crippen molar-refractivity contribution in [2.24, 2.45) is 11.5 Å². The summed E-state index contributed by atoms with van der Waals surface area (Å²) in [6.07, 6.45) is -1.04. The first kappa shape index (κ1) is 43.5. The predicted molar refractivity (Wildman–Crippen MR) is 222 cm³/mol. The Labute approximate surface area is 346 Å². The van der Waals surface area contributed by atoms with E-state index >= 15 is 0 Å². The number of non-ortho nitro benzene ring substituents is 1. The molecule has 5 rings (SSSR count). The molecule has 0 saturated carbocycles. The number of ether oxygens (including phenoxy) is 1. The van der Waals surface area contributed by atoms with Gasteiger partial charge in [0.1, 0.15) is 6.04 Å². The number of rotatable bonds is 16. The highest BCUT2D eigenvalue weighted by Gasteiger charge is 2.25. The van der Waals surface area contributed by atoms with Gasteiger partial charge < -0.3 is 47.9 Å². The topological polar surface area (TPSA) is 304 Å². The van der Waals surface area contributed by atoms with Gasteiger partial charge in [-0.25, -0.2) is 0 Å². The molecular formula is C42H38N8O11. The van der Waals surface area contributed by atoms with Gasteiger partial charge >= 0.3 is 0 Å². The second-order valence-corrected chi connectivity index (χ2v) is 13.5. The molecule has 7 amide bonds. The standard InChI is InChI=1S/C42H38N8O11/c1-22(2)61-36-32(20-19-31(35(36)52)41(57)46-28-11-3-23(4-12-28)37(44)53)48-39(55)24-7-15-29(16-8-24)47-42(58)33(21-34(43)51)49-40(56)25-5-13-27(14-6-25)45-38(54)26-9-17-30(18-10-26)50(59)60/h3-20,22,33,52H,21H2,1-2H3,(H2,43,51)(H2,44,53)(H,45,54)(H,46,57)(H,47,58)(H,48,55)(H,49,56). The number of carbonyl (C=O) groups is 7. The molecule has 10 N–H and O–H groups in total. The third kappa shape index (κ3) is 11.5. The molecule has 0 aliphatic rings. The van der Waals surface area contributed by atoms with Crippen molar-refractivity contribution in [3.05, 3.63) is 147 Å². The smallest absolute Gasteiger partial charge is 0.269 e. The Morgan fingerprint density at radius 1 is 0.623 bits per heavy atom. The summed E-state index contributed by atoms with van der Waals surface area (Å²) < 4.78 is 5.77. The number of nitrogens with two attached hydrogens (primary N) is 2. The Kier molecular flexibility index (Phi) is 13.7. The van der Waals surface area contributed by atoms with E-state index in [2.05, 4.69) is 26.6 Å². The Bertz CT molecular complexity index is 2510. The molecular weight excluding hydrogens is 793 g/mol. The minimum absolute atomic E-state index is 0.0441. The van der Waals surface area contributed by atoms with Crippen LogP contribution in [0, 0.1) is 10.1 Å². The van der Waals surface area contributed by atoms with Crippen LogP contribution < -0.4 is 42.8 Å². The highest BCUT2D eigenvalue weighted by atomic mass is 16.6. The number of benzene rings is 5. The summed E-state index contributed by atoms with van der Waals surface area (Å²) in [5.74, 6) is -5.67. The minimum atomic E-state index is -1.41. The SMILES string of the molecule is CC(C)Oc1c(NC(=O)c2ccc(NC(=O)C(CC(N)=O)NC(=O)c3ccc(NC(=O)c4ccc([N+](=O)[O-])cc4)cc3)cc2)ccc(C(=O)Nc2ccc(C(N)=O)cc2)c1O. The molecule has 0 heterocycles. The molecule has 1 atom stereocenters. The van der Waals surface area contributed by atoms with Crippen LogP contribution in [-0.2, 0) is 9.59 Å². The average molecular weight is 831 g/mol. The van der Waals surface area contributed by atoms with Crippen molar-refractivity contribution in [1.82, 2.24) is 5.32 Å². The predicted octanol–water partition coefficient (Wildman–Crippen LogP) is 4.56. The zero-order chi connectivity index (χ0) is 44.4. The van der Waals surface area contributed by atoms with Crippen molar-refractivity contribution in [3.63, 3.8) is 0 Å². The van der Waals surface area contributed by atoms with Crippen LogP contribution in [0.15, 0.2) is 109 Å². The van der Waals surface area contributed by atoms with Crippen molar-refractivity contribution in [2.75, 3.05) is 21.3 Å². The fourth-order valence-electron chi connectivity index (χ4n) is 5.55. The van der Waals surface area contributed by atoms with Gasteiger partial charge in [0.25, 0.3) is 29.3 Å². The van der Waals surface area contributed by atoms with Crippen LogP contribution in [0.1, 0.15) is 72.1 Å². The number of nitro benzene ring substituents is 1. The molecule has 5 aromatic rings. The summed E-state index contributed by atoms with van der Waals surface area (Å²) >= 11 is 0. The molecule has 0 bridgehead atoms. The molecule has 19 nitrogen and oxygen atoms in total. The van der Waals surface area contributed by atoms with E-state index in [1.54, 1.807) is 13.8 Å². The maximum Gasteiger partial charge on any atom is 0.269 e. The molecule has 1 unspecified atom stereocenters. The summed E-state index contributed by atoms with van der Waals surface area (Å²) in [5.41, 5.74) is 11.7. The van der Waals surface area contributed by atoms with Gasteiger partial charge in [-0.2, -0.15) is 0 Å². The summed E-state index contributed by atoms with van der Waals surface area (Å²) in [7, 11) is 0. The Balaban J connectivity index is 1.21. The van der Waals surface area contributed by atoms with Crippen molar-refractivity contribution < 1.29 is 48.3 Å². The molecule has 0 fully saturated rings. The second-order valence-electron chi connectivity index (χ2n) is 13.5. The van der Waals surface area contributed by atoms with Crippen LogP contribution in [0.2, 0.25) is 0 Å². The van der Waals surface area contributed by atoms with E-state index in [0.717, 1.165) is 0 Å². The summed E-state index contributed by atoms with van der Waals surface area (Å²) in [5, 5.41) is 34.8. The van der Waals surface area contributed by atoms with Gasteiger partial charge in [0, 0.05) is 51.4 Å². The first-order valence-electron chi connectivity index (χ1n) is 18.2. The number of phenols is 1. The number of nitrogens with zero attached hydrogens (tertiary/aromatic N) is 1. The zero-order valence-corrected chi connectivity index (χ0v) is 32.4. The lowest BCUT2D eigenvalue weighted by Crippen LogP contribution is -2.46. The zero-order valence-electron chi connectivity index (χ0n) is 32.4. The Morgan fingerprint density at radius 3 is 1.57 bits per heavy atom. The van der Waals surface area contributed by atoms with Gasteiger partial charge in [-0.1, -0.05) is 0 Å². The lowest BCUT2D eigenvalue weighted by Gasteiger charge is -2.19. The largest absolute Gasteiger partial charge is 0.504 e. The molecule has 5 aromatic carbocycles. The van der Waals surface area contributed by atoms with E-state index in [1.807, 2.05) is 0 Å². The normalized spacial score (nSPS) is 11.1. The van der Waals surface area contributed by atoms with E-state index in [1.165, 1.54) is 109 Å². The van der Waals surface area contributed by atoms with Gasteiger partial charge in [-0.3, -0.25) is 43.7 Å². The van der Waals surface area contributed by atoms with Gasteiger partial charge in [0.05, 0.1) is 28.7 Å². The van der Waals surface area contributed by atoms with Crippen LogP contribution >= 0.6 is 0 Å². The molecule has 0 aliphatic carbocycles. The van der Waals surface area contributed by atoms with Crippen LogP contribution in [0.25, 0.3) is 0 Å². The molecule has 61 heavy (non-hydrogen) atoms. The molecule has 0 radical (unpaired) electrons. The number of nitrogens with one attached hydrogen (secondary N) is 5. The number of primary amides is 2. The second kappa shape index (κ2) is 19.2. The quantitative estimate of drug-likeness (QED) is 0.0504. The Hall–Kier alpha value is -8.61. The van der Waals surface area contributed by atoms with Gasteiger partial charge in [0.2, 0.25) is 17.7 Å². The minimum Gasteiger partial charge on any atom is -0.504 e. The fraction of sp³-hybridized carbons (Fsp3) is 0.119. The summed E-state index contributed by atoms with van der Waals surface area (Å²) in [4.78, 5) is 98.7. The number of aromatic hydroxyl groups is 1. The number of anilines is 4. The van der Waals surface area contributed by atoms with Gasteiger partial charge in [-0.05, 0) is 111 Å². The van der Waals surface area contributed by atoms with Crippen molar-refractivity contribution >= 4 is 69.8 Å². The maximum atomic E-state index is 13.3. The average Bonchev–Trinajstić information content (AvgIpc) is 3.22. The van der Waals surface area contributed by atoms with Crippen LogP contribution in [0.3, 0.4) is 0 Å². The van der Waals surface area contributed by atoms with E-state index in [-0.39, 0.29) is 50.6 Å². The lowest BCUT2D eigenvalue weighted by molar-refractivity contribution is -0.384. The monoisotopic (exact) mass is 830 g/mol. The first-order valence-corrected chi connectivity index (χ1v) is 18.2. The highest BCUT2D eigenvalue weighted by Crippen LogP contribution is 2.39. The summed E-state index contributed by atoms with van der Waals surface area (Å²) in [6, 6.07) is 23.1. The number of amides is 7. The van der Waals surface area contributed by atoms with Crippen LogP contribution in [0.5, 0.6) is 11.5 Å². The Morgan fingerprint density at radius 2 is 1.08 bits per heavy atom. The van der Waals surface area contributed by atoms with E-state index in [9.17, 15) is 48.8 Å². The molecule has 312 valence electrons. The highest BCUT2D eigenvalue weighted by molar-refractivity contribution is 6.10. The van der Waals surface area contributed by atoms with E-state index < -0.39 is 70.6 Å². The fourth-order valence-corrected chi connectivity index (χ4v) is 5.55. The van der Waals surface area contributed by atoms with Crippen molar-refractivity contribution in [1.29, 1.82) is 0 Å². The molecule has 0 aromatic heterocycles. The van der Waals surface area contributed by atoms with Crippen molar-refractivity contribution in [2.45, 2.75) is 32.4 Å². The van der Waals surface area contributed by atoms with E-state index in [4.69, 9.17) is 16.2 Å². The number of hydrogen-bond acceptors (Lipinski definition) is 11.